The first-order chi connectivity index (χ1) is 65.3. The fraction of sp³-hybridized carbons (Fsp3) is 0.483. The molecule has 4 unspecified atom stereocenters. The van der Waals surface area contributed by atoms with E-state index < -0.39 is 0 Å². The number of fused-ring (bicyclic) bond motifs is 12. The lowest BCUT2D eigenvalue weighted by Crippen LogP contribution is -2.34. The van der Waals surface area contributed by atoms with Gasteiger partial charge in [0.2, 0.25) is 0 Å². The highest BCUT2D eigenvalue weighted by Crippen LogP contribution is 2.56. The Morgan fingerprint density at radius 2 is 0.504 bits per heavy atom. The van der Waals surface area contributed by atoms with Gasteiger partial charge in [0.25, 0.3) is 23.6 Å². The molecule has 4 amide bonds. The Bertz CT molecular complexity index is 6020. The van der Waals surface area contributed by atoms with E-state index in [9.17, 15) is 0 Å². The first kappa shape index (κ1) is 96.4. The molecule has 0 aliphatic carbocycles. The van der Waals surface area contributed by atoms with E-state index in [0.29, 0.717) is 48.5 Å². The van der Waals surface area contributed by atoms with Crippen molar-refractivity contribution in [2.24, 2.45) is 23.7 Å². The number of aromatic nitrogens is 2. The second kappa shape index (κ2) is 45.4. The maximum Gasteiger partial charge on any atom is 0.261 e. The Morgan fingerprint density at radius 1 is 0.248 bits per heavy atom. The molecular weight excluding hydrogens is 1770 g/mol. The molecule has 0 fully saturated rings. The second-order valence-electron chi connectivity index (χ2n) is 38.7. The van der Waals surface area contributed by atoms with E-state index in [1.807, 2.05) is 42.3 Å². The molecule has 17 heteroatoms. The Labute approximate surface area is 820 Å². The summed E-state index contributed by atoms with van der Waals surface area (Å²) in [5.41, 5.74) is 10.2. The number of hydrogen-bond acceptors (Lipinski definition) is 11. The Morgan fingerprint density at radius 3 is 0.797 bits per heavy atom. The molecule has 4 atom stereocenters. The monoisotopic (exact) mass is 1910 g/mol. The SMILES string of the molecule is CCCCCCCCCCCCn1c2ccc(-c3ccc(C4=C5C(=O)N(CC(CC)CCCC)C(c6ccc(-c7ccc(-c8ccc(C9=C%10C(=O)N(CC(CC)CCCC)C(c%11ccc(-c%12ccc%13c(c%12)c%12c%14ccccc%14sc%12n%13CCCCCCCCCCCC)s%11)=C%10C(=O)N9CC(CC)CCCC)s8)s7)s6)=C5C(=O)N4CC(CC)CCCC)s3)cc2c2c3ccccc3sc21. The van der Waals surface area contributed by atoms with Gasteiger partial charge in [-0.2, -0.15) is 0 Å². The van der Waals surface area contributed by atoms with Gasteiger partial charge in [0, 0.05) is 121 Å². The van der Waals surface area contributed by atoms with Crippen LogP contribution in [0.4, 0.5) is 0 Å². The molecule has 0 spiro atoms. The molecular formula is C116H142N6O4S7. The molecule has 4 aliphatic rings. The van der Waals surface area contributed by atoms with Gasteiger partial charge in [-0.25, -0.2) is 0 Å². The highest BCUT2D eigenvalue weighted by molar-refractivity contribution is 7.27. The summed E-state index contributed by atoms with van der Waals surface area (Å²) >= 11 is 12.4. The van der Waals surface area contributed by atoms with Gasteiger partial charge in [-0.1, -0.05) is 310 Å². The number of thiophene rings is 7. The minimum absolute atomic E-state index is 0.0621. The zero-order valence-electron chi connectivity index (χ0n) is 81.0. The summed E-state index contributed by atoms with van der Waals surface area (Å²) in [7, 11) is 0. The fourth-order valence-corrected chi connectivity index (χ4v) is 29.6. The van der Waals surface area contributed by atoms with Gasteiger partial charge in [-0.15, -0.1) is 79.4 Å². The van der Waals surface area contributed by atoms with Gasteiger partial charge in [0.05, 0.1) is 64.6 Å². The van der Waals surface area contributed by atoms with E-state index in [4.69, 9.17) is 0 Å². The number of carbonyl (C=O) groups excluding carboxylic acids is 4. The summed E-state index contributed by atoms with van der Waals surface area (Å²) in [6.07, 6.45) is 42.6. The molecule has 10 nitrogen and oxygen atoms in total. The van der Waals surface area contributed by atoms with Crippen LogP contribution >= 0.6 is 79.4 Å². The van der Waals surface area contributed by atoms with Crippen LogP contribution in [0.15, 0.2) is 168 Å². The quantitative estimate of drug-likeness (QED) is 0.0355. The van der Waals surface area contributed by atoms with Crippen molar-refractivity contribution in [3.05, 3.63) is 187 Å². The maximum absolute atomic E-state index is 16.3. The van der Waals surface area contributed by atoms with Crippen molar-refractivity contribution in [2.75, 3.05) is 26.2 Å². The molecule has 0 N–H and O–H groups in total. The number of amides is 4. The zero-order valence-corrected chi connectivity index (χ0v) is 86.8. The van der Waals surface area contributed by atoms with E-state index in [1.165, 1.54) is 178 Å². The van der Waals surface area contributed by atoms with Gasteiger partial charge >= 0.3 is 0 Å². The molecule has 4 aromatic carbocycles. The number of nitrogens with zero attached hydrogens (tertiary/aromatic N) is 6. The van der Waals surface area contributed by atoms with E-state index in [0.717, 1.165) is 211 Å². The molecule has 17 rings (SSSR count). The summed E-state index contributed by atoms with van der Waals surface area (Å²) in [5, 5.41) is 7.89. The van der Waals surface area contributed by atoms with Gasteiger partial charge < -0.3 is 28.7 Å². The van der Waals surface area contributed by atoms with E-state index in [2.05, 4.69) is 224 Å². The molecule has 0 radical (unpaired) electrons. The number of aryl methyl sites for hydroxylation is 2. The third-order valence-corrected chi connectivity index (χ3v) is 37.9. The van der Waals surface area contributed by atoms with Crippen LogP contribution in [0.1, 0.15) is 320 Å². The molecule has 0 saturated carbocycles. The summed E-state index contributed by atoms with van der Waals surface area (Å²) < 4.78 is 7.86. The second-order valence-corrected chi connectivity index (χ2v) is 46.2. The molecule has 9 aromatic heterocycles. The summed E-state index contributed by atoms with van der Waals surface area (Å²) in [4.78, 5) is 86.3. The topological polar surface area (TPSA) is 91.1 Å². The largest absolute Gasteiger partial charge is 0.332 e. The van der Waals surface area contributed by atoms with Gasteiger partial charge in [0.1, 0.15) is 9.66 Å². The minimum atomic E-state index is -0.0621. The summed E-state index contributed by atoms with van der Waals surface area (Å²) in [6.45, 7) is 26.8. The zero-order chi connectivity index (χ0) is 92.2. The van der Waals surface area contributed by atoms with Crippen molar-refractivity contribution in [1.82, 2.24) is 28.7 Å². The molecule has 13 heterocycles. The van der Waals surface area contributed by atoms with Gasteiger partial charge in [-0.3, -0.25) is 19.2 Å². The third-order valence-electron chi connectivity index (χ3n) is 29.5. The van der Waals surface area contributed by atoms with Crippen LogP contribution in [-0.2, 0) is 32.3 Å². The first-order valence-electron chi connectivity index (χ1n) is 51.9. The average Bonchev–Trinajstić information content (AvgIpc) is 1.55. The number of benzene rings is 4. The standard InChI is InChI=1S/C116H142N6O4S7/c1-11-21-27-29-31-33-35-37-39-45-69-117-87-57-55-81(71-85(87)101-83-51-41-43-53-91(83)132-115(101)117)89-59-65-97(127-89)107-103-105(113(125)119(107)73-77(17-7)47-23-13-3)109(121(111(103)123)75-79(19-9)49-25-15-5)99-67-63-95(130-99)93-61-62-94(129-93)96-64-68-100(131-96)110-106-104(112(124)122(110)76-80(20-10)50-26-16-6)108(120(114(106)126)74-78(18-8)48-24-14-4)98-66-60-90(128-98)82-56-58-88-86(72-82)102-84-52-42-44-54-92(84)133-116(102)118(88)70-46-40-38-36-34-32-30-28-22-12-2/h41-44,51-68,71-72,77-80H,11-40,45-50,69-70,73-76H2,1-10H3. The van der Waals surface area contributed by atoms with Crippen molar-refractivity contribution in [2.45, 2.75) is 313 Å². The predicted molar refractivity (Wildman–Crippen MR) is 579 cm³/mol. The molecule has 13 aromatic rings. The lowest BCUT2D eigenvalue weighted by Gasteiger charge is -2.29. The molecule has 702 valence electrons. The highest BCUT2D eigenvalue weighted by atomic mass is 32.1. The van der Waals surface area contributed by atoms with Crippen molar-refractivity contribution in [3.63, 3.8) is 0 Å². The van der Waals surface area contributed by atoms with Crippen molar-refractivity contribution < 1.29 is 19.2 Å². The summed E-state index contributed by atoms with van der Waals surface area (Å²) in [6, 6.07) is 54.2. The Kier molecular flexibility index (Phi) is 32.9. The molecule has 133 heavy (non-hydrogen) atoms. The van der Waals surface area contributed by atoms with Crippen molar-refractivity contribution >= 4 is 188 Å². The average molecular weight is 1910 g/mol. The van der Waals surface area contributed by atoms with Gasteiger partial charge in [-0.05, 0) is 170 Å². The van der Waals surface area contributed by atoms with Crippen LogP contribution in [0.2, 0.25) is 0 Å². The Balaban J connectivity index is 0.701. The van der Waals surface area contributed by atoms with Crippen LogP contribution in [0.3, 0.4) is 0 Å². The third kappa shape index (κ3) is 20.3. The summed E-state index contributed by atoms with van der Waals surface area (Å²) in [5.74, 6) is 0.793. The van der Waals surface area contributed by atoms with E-state index in [-0.39, 0.29) is 47.3 Å². The van der Waals surface area contributed by atoms with Crippen LogP contribution in [-0.4, -0.2) is 78.5 Å². The highest BCUT2D eigenvalue weighted by Gasteiger charge is 2.52. The van der Waals surface area contributed by atoms with Crippen molar-refractivity contribution in [1.29, 1.82) is 0 Å². The minimum Gasteiger partial charge on any atom is -0.332 e. The predicted octanol–water partition coefficient (Wildman–Crippen LogP) is 35.6. The van der Waals surface area contributed by atoms with E-state index >= 15 is 19.2 Å². The number of unbranched alkanes of at least 4 members (excludes halogenated alkanes) is 22. The normalized spacial score (nSPS) is 15.4. The number of hydrogen-bond donors (Lipinski definition) is 0. The van der Waals surface area contributed by atoms with E-state index in [1.54, 1.807) is 56.7 Å². The van der Waals surface area contributed by atoms with Crippen LogP contribution < -0.4 is 0 Å². The lowest BCUT2D eigenvalue weighted by atomic mass is 9.98. The molecule has 0 saturated heterocycles. The first-order valence-corrected chi connectivity index (χ1v) is 57.6. The Hall–Kier alpha value is -8.26. The molecule has 4 aliphatic heterocycles. The van der Waals surface area contributed by atoms with Crippen molar-refractivity contribution in [3.8, 4) is 40.4 Å². The molecule has 0 bridgehead atoms. The van der Waals surface area contributed by atoms with Crippen LogP contribution in [0.25, 0.3) is 126 Å². The fourth-order valence-electron chi connectivity index (χ4n) is 21.6. The van der Waals surface area contributed by atoms with Crippen LogP contribution in [0.5, 0.6) is 0 Å². The smallest absolute Gasteiger partial charge is 0.261 e. The number of rotatable bonds is 54. The van der Waals surface area contributed by atoms with Crippen LogP contribution in [0, 0.1) is 23.7 Å². The maximum atomic E-state index is 16.3. The lowest BCUT2D eigenvalue weighted by molar-refractivity contribution is -0.124. The number of carbonyl (C=O) groups is 4. The van der Waals surface area contributed by atoms with Gasteiger partial charge in [0.15, 0.2) is 0 Å².